The van der Waals surface area contributed by atoms with E-state index >= 15 is 0 Å². The highest BCUT2D eigenvalue weighted by Gasteiger charge is 2.57. The Bertz CT molecular complexity index is 3450. The molecule has 14 unspecified atom stereocenters. The highest BCUT2D eigenvalue weighted by molar-refractivity contribution is 6.67. The van der Waals surface area contributed by atoms with E-state index in [-0.39, 0.29) is 97.3 Å². The fourth-order valence-electron chi connectivity index (χ4n) is 17.8. The fourth-order valence-corrected chi connectivity index (χ4v) is 17.9. The number of alkyl halides is 3. The summed E-state index contributed by atoms with van der Waals surface area (Å²) >= 11 is 18.1. The van der Waals surface area contributed by atoms with E-state index in [4.69, 9.17) is 120 Å². The molecule has 7 heterocycles. The zero-order valence-electron chi connectivity index (χ0n) is 70.1. The van der Waals surface area contributed by atoms with Crippen molar-refractivity contribution in [1.82, 2.24) is 5.32 Å². The third kappa shape index (κ3) is 22.7. The van der Waals surface area contributed by atoms with E-state index in [1.54, 1.807) is 0 Å². The summed E-state index contributed by atoms with van der Waals surface area (Å²) < 4.78 is 125. The van der Waals surface area contributed by atoms with Gasteiger partial charge in [-0.05, 0) is 102 Å². The van der Waals surface area contributed by atoms with Crippen LogP contribution in [0.5, 0.6) is 0 Å². The number of benzene rings is 4. The number of rotatable bonds is 33. The minimum absolute atomic E-state index is 0.0144. The predicted molar refractivity (Wildman–Crippen MR) is 434 cm³/mol. The SMILES string of the molecule is CCC1O[C@@H](O[C@@H]2C(OCc3ccccc3)[C@H](O[C@@H]3C(CC)O[C@@H](O[C@@H]4C(CC)O[C@@H](OCc5ccccc5)C(NC(=O)OCC(Cl)(Cl)Cl)[C@H]4C)C(C)[C@H]3C)OC(CO[C@H]3OC(CC)[C@@H](C)[C@H](C)C3O)[C@H]2C)[C@@H](O[C@@H]2OC(CC)[C@@H](O[C@@H]3OC(COCc4ccccc4)[C@H](C)[C@H](C)C3OCc3ccccc3)[C@H](C)C2C)C(C)[C@H]1C. The smallest absolute Gasteiger partial charge is 0.407 e. The van der Waals surface area contributed by atoms with E-state index in [2.05, 4.69) is 133 Å². The summed E-state index contributed by atoms with van der Waals surface area (Å²) in [6.45, 7) is 37.5. The average molecular weight is 1650 g/mol. The predicted octanol–water partition coefficient (Wildman–Crippen LogP) is 17.1. The van der Waals surface area contributed by atoms with Gasteiger partial charge >= 0.3 is 6.09 Å². The summed E-state index contributed by atoms with van der Waals surface area (Å²) in [6, 6.07) is 39.5. The number of halogens is 3. The summed E-state index contributed by atoms with van der Waals surface area (Å²) in [5.41, 5.74) is 4.03. The molecule has 0 bridgehead atoms. The van der Waals surface area contributed by atoms with E-state index in [1.807, 2.05) is 111 Å². The molecular weight excluding hydrogens is 1520 g/mol. The van der Waals surface area contributed by atoms with Crippen molar-refractivity contribution in [3.63, 3.8) is 0 Å². The molecule has 2 N–H and O–H groups in total. The molecule has 0 aromatic heterocycles. The molecule has 114 heavy (non-hydrogen) atoms. The van der Waals surface area contributed by atoms with Crippen molar-refractivity contribution in [3.8, 4) is 0 Å². The van der Waals surface area contributed by atoms with Gasteiger partial charge in [0.05, 0.1) is 113 Å². The lowest BCUT2D eigenvalue weighted by Gasteiger charge is -2.53. The Hall–Kier alpha value is -3.70. The molecule has 7 fully saturated rings. The van der Waals surface area contributed by atoms with E-state index in [9.17, 15) is 9.90 Å². The summed E-state index contributed by atoms with van der Waals surface area (Å²) in [6.07, 6.45) is -11.6. The van der Waals surface area contributed by atoms with Crippen molar-refractivity contribution in [2.45, 2.75) is 322 Å². The highest BCUT2D eigenvalue weighted by Crippen LogP contribution is 2.47. The van der Waals surface area contributed by atoms with E-state index < -0.39 is 152 Å². The first kappa shape index (κ1) is 91.1. The number of amides is 1. The Morgan fingerprint density at radius 3 is 1.18 bits per heavy atom. The Balaban J connectivity index is 0.870. The largest absolute Gasteiger partial charge is 0.445 e. The zero-order valence-corrected chi connectivity index (χ0v) is 72.3. The lowest BCUT2D eigenvalue weighted by atomic mass is 9.81. The van der Waals surface area contributed by atoms with Crippen LogP contribution >= 0.6 is 34.8 Å². The summed E-state index contributed by atoms with van der Waals surface area (Å²) in [4.78, 5) is 13.6. The molecular formula is C90H132Cl3NO20. The van der Waals surface area contributed by atoms with Crippen LogP contribution < -0.4 is 5.32 Å². The number of hydrogen-bond acceptors (Lipinski definition) is 20. The van der Waals surface area contributed by atoms with Crippen LogP contribution in [0.2, 0.25) is 0 Å². The Morgan fingerprint density at radius 2 is 0.693 bits per heavy atom. The Morgan fingerprint density at radius 1 is 0.342 bits per heavy atom. The molecule has 7 aliphatic rings. The number of alkyl carbamates (subject to hydrolysis) is 1. The molecule has 638 valence electrons. The maximum absolute atomic E-state index is 13.6. The molecule has 24 heteroatoms. The topological polar surface area (TPSA) is 215 Å². The standard InChI is InChI=1S/C90H132Cl3NO20/c1-18-66-50(6)53(9)74(95)85(103-66)101-48-72-60(16)78(113-87-80(55(11)51(7)67(19-2)104-87)114-83-59(15)57(13)75(68(20-3)106-83)111-86-79(98-44-63-37-29-24-30-38-63)54(10)52(8)71(108-86)47-97-43-62-35-27-23-28-36-62)81(99-45-64-39-31-25-32-40-64)88(109-72)112-76-56(12)58(14)82(105-69(76)21-4)110-77-61(17)73(94-89(96)102-49-90(91,92)93)84(107-70(77)22-5)100-46-65-41-33-26-34-42-65/h23-42,50-61,66-88,95H,18-22,43-49H2,1-17H3,(H,94,96)/t50-,51+,52+,53-,54-,55?,56+,57+,58?,59?,60+,61+,66?,67?,68?,69?,70?,71?,72?,73?,74?,75-,76-,77-,78-,79?,80-,81?,82-,83-,84+,85-,86-,87-,88-/m0/s1. The molecule has 0 radical (unpaired) electrons. The van der Waals surface area contributed by atoms with Crippen molar-refractivity contribution >= 4 is 40.9 Å². The molecule has 1 amide bonds. The number of ether oxygens (including phenoxy) is 18. The second-order valence-corrected chi connectivity index (χ2v) is 36.2. The van der Waals surface area contributed by atoms with Crippen LogP contribution in [0.4, 0.5) is 4.79 Å². The number of aliphatic hydroxyl groups excluding tert-OH is 1. The van der Waals surface area contributed by atoms with Gasteiger partial charge in [0.15, 0.2) is 44.0 Å². The van der Waals surface area contributed by atoms with E-state index in [0.29, 0.717) is 39.1 Å². The van der Waals surface area contributed by atoms with Crippen LogP contribution in [0.15, 0.2) is 121 Å². The lowest BCUT2D eigenvalue weighted by molar-refractivity contribution is -0.389. The highest BCUT2D eigenvalue weighted by atomic mass is 35.6. The van der Waals surface area contributed by atoms with Crippen molar-refractivity contribution < 1.29 is 95.2 Å². The fraction of sp³-hybridized carbons (Fsp3) is 0.722. The third-order valence-electron chi connectivity index (χ3n) is 26.3. The van der Waals surface area contributed by atoms with E-state index in [1.165, 1.54) is 0 Å². The van der Waals surface area contributed by atoms with Gasteiger partial charge in [-0.25, -0.2) is 4.79 Å². The first-order valence-electron chi connectivity index (χ1n) is 42.5. The molecule has 35 atom stereocenters. The van der Waals surface area contributed by atoms with Gasteiger partial charge in [0.1, 0.15) is 31.0 Å². The second-order valence-electron chi connectivity index (χ2n) is 33.7. The minimum atomic E-state index is -1.84. The Labute approximate surface area is 693 Å². The summed E-state index contributed by atoms with van der Waals surface area (Å²) in [5.74, 6) is -1.54. The maximum atomic E-state index is 13.6. The van der Waals surface area contributed by atoms with Gasteiger partial charge in [-0.3, -0.25) is 0 Å². The second kappa shape index (κ2) is 42.7. The molecule has 7 saturated heterocycles. The van der Waals surface area contributed by atoms with Gasteiger partial charge in [0.25, 0.3) is 0 Å². The molecule has 7 aliphatic heterocycles. The van der Waals surface area contributed by atoms with Crippen molar-refractivity contribution in [1.29, 1.82) is 0 Å². The van der Waals surface area contributed by atoms with Crippen LogP contribution in [0.1, 0.15) is 172 Å². The third-order valence-corrected chi connectivity index (χ3v) is 26.6. The lowest BCUT2D eigenvalue weighted by Crippen LogP contribution is -2.64. The zero-order chi connectivity index (χ0) is 81.7. The summed E-state index contributed by atoms with van der Waals surface area (Å²) in [5, 5.41) is 14.9. The number of aliphatic hydroxyl groups is 1. The van der Waals surface area contributed by atoms with Gasteiger partial charge in [0.2, 0.25) is 3.79 Å². The van der Waals surface area contributed by atoms with Crippen molar-refractivity contribution in [2.75, 3.05) is 19.8 Å². The van der Waals surface area contributed by atoms with Gasteiger partial charge in [-0.2, -0.15) is 0 Å². The van der Waals surface area contributed by atoms with Crippen LogP contribution in [0, 0.1) is 71.0 Å². The van der Waals surface area contributed by atoms with Gasteiger partial charge in [-0.1, -0.05) is 274 Å². The minimum Gasteiger partial charge on any atom is -0.445 e. The number of carbonyl (C=O) groups is 1. The number of hydrogen-bond donors (Lipinski definition) is 2. The summed E-state index contributed by atoms with van der Waals surface area (Å²) in [7, 11) is 0. The molecule has 4 aromatic rings. The quantitative estimate of drug-likeness (QED) is 0.0424. The maximum Gasteiger partial charge on any atom is 0.407 e. The van der Waals surface area contributed by atoms with Crippen molar-refractivity contribution in [3.05, 3.63) is 144 Å². The molecule has 0 saturated carbocycles. The molecule has 0 aliphatic carbocycles. The number of nitrogens with one attached hydrogen (secondary N) is 1. The van der Waals surface area contributed by atoms with Crippen LogP contribution in [0.25, 0.3) is 0 Å². The number of carbonyl (C=O) groups excluding carboxylic acids is 1. The molecule has 11 rings (SSSR count). The first-order valence-corrected chi connectivity index (χ1v) is 43.6. The van der Waals surface area contributed by atoms with Gasteiger partial charge in [-0.15, -0.1) is 0 Å². The van der Waals surface area contributed by atoms with Gasteiger partial charge in [0, 0.05) is 23.7 Å². The van der Waals surface area contributed by atoms with Gasteiger partial charge < -0.3 is 95.7 Å². The molecule has 21 nitrogen and oxygen atoms in total. The molecule has 4 aromatic carbocycles. The van der Waals surface area contributed by atoms with Crippen LogP contribution in [0.3, 0.4) is 0 Å². The monoisotopic (exact) mass is 1650 g/mol. The first-order chi connectivity index (χ1) is 54.7. The van der Waals surface area contributed by atoms with Crippen LogP contribution in [-0.4, -0.2) is 176 Å². The molecule has 0 spiro atoms. The van der Waals surface area contributed by atoms with Crippen LogP contribution in [-0.2, 0) is 112 Å². The Kier molecular flexibility index (Phi) is 34.1. The van der Waals surface area contributed by atoms with E-state index in [0.717, 1.165) is 35.1 Å². The van der Waals surface area contributed by atoms with Crippen molar-refractivity contribution in [2.24, 2.45) is 71.0 Å². The average Bonchev–Trinajstić information content (AvgIpc) is 0.760. The normalized spacial score (nSPS) is 40.3.